The van der Waals surface area contributed by atoms with Crippen LogP contribution in [0, 0.1) is 6.92 Å². The van der Waals surface area contributed by atoms with Crippen LogP contribution in [0.3, 0.4) is 0 Å². The second kappa shape index (κ2) is 7.51. The van der Waals surface area contributed by atoms with Crippen LogP contribution < -0.4 is 10.1 Å². The summed E-state index contributed by atoms with van der Waals surface area (Å²) < 4.78 is 41.8. The van der Waals surface area contributed by atoms with Crippen LogP contribution >= 0.6 is 0 Å². The maximum atomic E-state index is 12.3. The third-order valence-electron chi connectivity index (χ3n) is 3.69. The summed E-state index contributed by atoms with van der Waals surface area (Å²) in [5, 5.41) is 2.51. The minimum Gasteiger partial charge on any atom is -0.406 e. The Hall–Kier alpha value is -2.97. The second-order valence-electron chi connectivity index (χ2n) is 5.70. The van der Waals surface area contributed by atoms with Gasteiger partial charge in [0.05, 0.1) is 6.54 Å². The van der Waals surface area contributed by atoms with E-state index in [9.17, 15) is 22.8 Å². The Morgan fingerprint density at radius 3 is 2.27 bits per heavy atom. The molecule has 0 aliphatic carbocycles. The molecule has 0 unspecified atom stereocenters. The van der Waals surface area contributed by atoms with Crippen molar-refractivity contribution in [2.45, 2.75) is 13.3 Å². The van der Waals surface area contributed by atoms with Crippen molar-refractivity contribution in [1.29, 1.82) is 0 Å². The van der Waals surface area contributed by atoms with Crippen molar-refractivity contribution in [2.75, 3.05) is 18.9 Å². The molecule has 1 aromatic carbocycles. The molecular weight excluding hydrogens is 351 g/mol. The summed E-state index contributed by atoms with van der Waals surface area (Å²) in [4.78, 5) is 25.6. The van der Waals surface area contributed by atoms with Crippen LogP contribution in [0.15, 0.2) is 36.4 Å². The fourth-order valence-electron chi connectivity index (χ4n) is 2.25. The number of benzene rings is 1. The van der Waals surface area contributed by atoms with Gasteiger partial charge in [-0.25, -0.2) is 0 Å². The third kappa shape index (κ3) is 5.01. The Morgan fingerprint density at radius 1 is 1.15 bits per heavy atom. The van der Waals surface area contributed by atoms with E-state index in [0.29, 0.717) is 11.4 Å². The highest BCUT2D eigenvalue weighted by Crippen LogP contribution is 2.23. The lowest BCUT2D eigenvalue weighted by Crippen LogP contribution is -2.35. The van der Waals surface area contributed by atoms with Crippen molar-refractivity contribution >= 4 is 17.5 Å². The zero-order chi connectivity index (χ0) is 19.5. The lowest BCUT2D eigenvalue weighted by Gasteiger charge is -2.17. The molecule has 2 amide bonds. The van der Waals surface area contributed by atoms with E-state index in [1.807, 2.05) is 6.92 Å². The van der Waals surface area contributed by atoms with Crippen molar-refractivity contribution in [3.63, 3.8) is 0 Å². The molecule has 9 heteroatoms. The normalized spacial score (nSPS) is 11.2. The maximum absolute atomic E-state index is 12.3. The largest absolute Gasteiger partial charge is 0.573 e. The minimum atomic E-state index is -4.77. The minimum absolute atomic E-state index is 0.205. The number of hydrogen-bond donors (Lipinski definition) is 1. The molecule has 0 aliphatic rings. The highest BCUT2D eigenvalue weighted by atomic mass is 19.4. The van der Waals surface area contributed by atoms with E-state index < -0.39 is 12.3 Å². The van der Waals surface area contributed by atoms with Gasteiger partial charge in [-0.3, -0.25) is 9.59 Å². The molecule has 0 atom stereocenters. The number of ether oxygens (including phenoxy) is 1. The van der Waals surface area contributed by atoms with Gasteiger partial charge in [-0.1, -0.05) is 0 Å². The molecule has 0 spiro atoms. The van der Waals surface area contributed by atoms with Gasteiger partial charge < -0.3 is 19.5 Å². The molecular formula is C17H18F3N3O3. The van der Waals surface area contributed by atoms with Gasteiger partial charge in [0.15, 0.2) is 0 Å². The van der Waals surface area contributed by atoms with Crippen molar-refractivity contribution in [3.8, 4) is 5.75 Å². The molecule has 0 radical (unpaired) electrons. The molecule has 2 rings (SSSR count). The summed E-state index contributed by atoms with van der Waals surface area (Å²) in [5.74, 6) is -1.18. The topological polar surface area (TPSA) is 63.6 Å². The number of hydrogen-bond acceptors (Lipinski definition) is 3. The predicted octanol–water partition coefficient (Wildman–Crippen LogP) is 2.94. The summed E-state index contributed by atoms with van der Waals surface area (Å²) >= 11 is 0. The van der Waals surface area contributed by atoms with Gasteiger partial charge in [0.1, 0.15) is 11.4 Å². The van der Waals surface area contributed by atoms with Gasteiger partial charge in [-0.2, -0.15) is 0 Å². The van der Waals surface area contributed by atoms with Gasteiger partial charge in [-0.15, -0.1) is 13.2 Å². The molecule has 1 heterocycles. The highest BCUT2D eigenvalue weighted by molar-refractivity contribution is 5.98. The van der Waals surface area contributed by atoms with E-state index in [-0.39, 0.29) is 18.2 Å². The number of anilines is 1. The zero-order valence-corrected chi connectivity index (χ0v) is 14.4. The Balaban J connectivity index is 1.93. The Bertz CT molecular complexity index is 798. The number of halogens is 3. The molecule has 140 valence electrons. The SMILES string of the molecule is Cc1ccc(C(=O)N(C)CC(=O)Nc2ccc(OC(F)(F)F)cc2)n1C. The van der Waals surface area contributed by atoms with E-state index in [1.165, 1.54) is 24.1 Å². The number of likely N-dealkylation sites (N-methyl/N-ethyl adjacent to an activating group) is 1. The molecule has 0 saturated carbocycles. The van der Waals surface area contributed by atoms with Crippen molar-refractivity contribution < 1.29 is 27.5 Å². The number of alkyl halides is 3. The van der Waals surface area contributed by atoms with Gasteiger partial charge >= 0.3 is 6.36 Å². The molecule has 26 heavy (non-hydrogen) atoms. The number of aromatic nitrogens is 1. The lowest BCUT2D eigenvalue weighted by molar-refractivity contribution is -0.274. The van der Waals surface area contributed by atoms with Gasteiger partial charge in [-0.05, 0) is 43.3 Å². The monoisotopic (exact) mass is 369 g/mol. The predicted molar refractivity (Wildman–Crippen MR) is 88.9 cm³/mol. The molecule has 2 aromatic rings. The number of rotatable bonds is 5. The van der Waals surface area contributed by atoms with Crippen molar-refractivity contribution in [2.24, 2.45) is 7.05 Å². The molecule has 6 nitrogen and oxygen atoms in total. The van der Waals surface area contributed by atoms with E-state index >= 15 is 0 Å². The van der Waals surface area contributed by atoms with E-state index in [1.54, 1.807) is 23.7 Å². The molecule has 0 saturated heterocycles. The van der Waals surface area contributed by atoms with Crippen molar-refractivity contribution in [3.05, 3.63) is 47.8 Å². The third-order valence-corrected chi connectivity index (χ3v) is 3.69. The van der Waals surface area contributed by atoms with Gasteiger partial charge in [0.25, 0.3) is 5.91 Å². The second-order valence-corrected chi connectivity index (χ2v) is 5.70. The first-order chi connectivity index (χ1) is 12.1. The number of carbonyl (C=O) groups excluding carboxylic acids is 2. The van der Waals surface area contributed by atoms with Crippen LogP contribution in [0.25, 0.3) is 0 Å². The first kappa shape index (κ1) is 19.4. The Labute approximate surface area is 148 Å². The Morgan fingerprint density at radius 2 is 1.77 bits per heavy atom. The zero-order valence-electron chi connectivity index (χ0n) is 14.4. The van der Waals surface area contributed by atoms with E-state index in [2.05, 4.69) is 10.1 Å². The summed E-state index contributed by atoms with van der Waals surface area (Å²) in [7, 11) is 3.24. The highest BCUT2D eigenvalue weighted by Gasteiger charge is 2.31. The summed E-state index contributed by atoms with van der Waals surface area (Å²) in [6.07, 6.45) is -4.77. The first-order valence-electron chi connectivity index (χ1n) is 7.60. The maximum Gasteiger partial charge on any atom is 0.573 e. The number of aryl methyl sites for hydroxylation is 1. The molecule has 1 aromatic heterocycles. The van der Waals surface area contributed by atoms with E-state index in [0.717, 1.165) is 17.8 Å². The Kier molecular flexibility index (Phi) is 5.59. The van der Waals surface area contributed by atoms with Crippen LogP contribution in [0.2, 0.25) is 0 Å². The number of amides is 2. The van der Waals surface area contributed by atoms with Crippen LogP contribution in [0.4, 0.5) is 18.9 Å². The van der Waals surface area contributed by atoms with Crippen LogP contribution in [-0.2, 0) is 11.8 Å². The summed E-state index contributed by atoms with van der Waals surface area (Å²) in [6, 6.07) is 8.20. The molecule has 0 bridgehead atoms. The number of nitrogens with one attached hydrogen (secondary N) is 1. The van der Waals surface area contributed by atoms with E-state index in [4.69, 9.17) is 0 Å². The average Bonchev–Trinajstić information content (AvgIpc) is 2.86. The lowest BCUT2D eigenvalue weighted by atomic mass is 10.3. The van der Waals surface area contributed by atoms with Gasteiger partial charge in [0, 0.05) is 25.5 Å². The molecule has 0 aliphatic heterocycles. The number of nitrogens with zero attached hydrogens (tertiary/aromatic N) is 2. The smallest absolute Gasteiger partial charge is 0.406 e. The fourth-order valence-corrected chi connectivity index (χ4v) is 2.25. The van der Waals surface area contributed by atoms with Crippen LogP contribution in [0.1, 0.15) is 16.2 Å². The van der Waals surface area contributed by atoms with Gasteiger partial charge in [0.2, 0.25) is 5.91 Å². The summed E-state index contributed by atoms with van der Waals surface area (Å²) in [5.41, 5.74) is 1.65. The average molecular weight is 369 g/mol. The quantitative estimate of drug-likeness (QED) is 0.881. The van der Waals surface area contributed by atoms with Crippen LogP contribution in [0.5, 0.6) is 5.75 Å². The first-order valence-corrected chi connectivity index (χ1v) is 7.60. The van der Waals surface area contributed by atoms with Crippen LogP contribution in [-0.4, -0.2) is 41.2 Å². The fraction of sp³-hybridized carbons (Fsp3) is 0.294. The molecule has 0 fully saturated rings. The van der Waals surface area contributed by atoms with Crippen molar-refractivity contribution in [1.82, 2.24) is 9.47 Å². The standard InChI is InChI=1S/C17H18F3N3O3/c1-11-4-9-14(23(11)3)16(25)22(2)10-15(24)21-12-5-7-13(8-6-12)26-17(18,19)20/h4-9H,10H2,1-3H3,(H,21,24). The number of carbonyl (C=O) groups is 2. The molecule has 1 N–H and O–H groups in total. The summed E-state index contributed by atoms with van der Waals surface area (Å²) in [6.45, 7) is 1.65.